The first-order valence-electron chi connectivity index (χ1n) is 10.3. The van der Waals surface area contributed by atoms with Crippen LogP contribution in [0.3, 0.4) is 0 Å². The van der Waals surface area contributed by atoms with Gasteiger partial charge in [0.05, 0.1) is 24.6 Å². The van der Waals surface area contributed by atoms with Gasteiger partial charge in [-0.15, -0.1) is 11.3 Å². The predicted molar refractivity (Wildman–Crippen MR) is 133 cm³/mol. The highest BCUT2D eigenvalue weighted by atomic mass is 32.1. The largest absolute Gasteiger partial charge is 0.275 e. The van der Waals surface area contributed by atoms with Crippen LogP contribution in [0, 0.1) is 27.2 Å². The van der Waals surface area contributed by atoms with Crippen molar-refractivity contribution in [1.82, 2.24) is 4.57 Å². The maximum atomic E-state index is 13.3. The molecular formula is C25H17N3O6S. The van der Waals surface area contributed by atoms with Crippen LogP contribution in [0.5, 0.6) is 0 Å². The first-order valence-corrected chi connectivity index (χ1v) is 11.1. The Morgan fingerprint density at radius 1 is 0.686 bits per heavy atom. The molecule has 0 radical (unpaired) electrons. The van der Waals surface area contributed by atoms with Crippen molar-refractivity contribution >= 4 is 34.9 Å². The van der Waals surface area contributed by atoms with Crippen LogP contribution < -0.4 is 20.2 Å². The molecule has 0 aliphatic heterocycles. The molecule has 4 aromatic rings. The highest BCUT2D eigenvalue weighted by Gasteiger charge is 2.10. The van der Waals surface area contributed by atoms with E-state index in [9.17, 15) is 29.8 Å². The first kappa shape index (κ1) is 23.5. The van der Waals surface area contributed by atoms with E-state index in [-0.39, 0.29) is 20.4 Å². The van der Waals surface area contributed by atoms with Crippen molar-refractivity contribution < 1.29 is 9.85 Å². The molecule has 0 fully saturated rings. The quantitative estimate of drug-likeness (QED) is 0.315. The van der Waals surface area contributed by atoms with Gasteiger partial charge in [-0.05, 0) is 66.6 Å². The van der Waals surface area contributed by atoms with Gasteiger partial charge in [-0.25, -0.2) is 4.57 Å². The van der Waals surface area contributed by atoms with E-state index in [0.717, 1.165) is 21.5 Å². The van der Waals surface area contributed by atoms with Crippen LogP contribution >= 0.6 is 11.3 Å². The lowest BCUT2D eigenvalue weighted by molar-refractivity contribution is -0.385. The molecule has 9 nitrogen and oxygen atoms in total. The summed E-state index contributed by atoms with van der Waals surface area (Å²) in [4.78, 5) is 47.5. The molecule has 3 aromatic carbocycles. The lowest BCUT2D eigenvalue weighted by atomic mass is 10.2. The second kappa shape index (κ2) is 9.65. The van der Waals surface area contributed by atoms with Crippen LogP contribution in [0.4, 0.5) is 11.4 Å². The smallest absolute Gasteiger partial charge is 0.267 e. The standard InChI is InChI=1S/C25H17N3O6S/c1-16-2-8-19(9-3-16)26-24(29)22(14-17-4-10-20(11-5-17)27(31)32)35-23(25(26)30)15-18-6-12-21(13-7-18)28(33)34/h2-15H,1H3. The zero-order chi connectivity index (χ0) is 25.1. The van der Waals surface area contributed by atoms with Crippen molar-refractivity contribution in [2.75, 3.05) is 0 Å². The van der Waals surface area contributed by atoms with Crippen LogP contribution in [-0.2, 0) is 0 Å². The van der Waals surface area contributed by atoms with E-state index in [4.69, 9.17) is 0 Å². The van der Waals surface area contributed by atoms with Crippen LogP contribution in [-0.4, -0.2) is 14.4 Å². The SMILES string of the molecule is Cc1ccc(-n2c(=O)c(=Cc3ccc([N+](=O)[O-])cc3)sc(=Cc3ccc([N+](=O)[O-])cc3)c2=O)cc1. The summed E-state index contributed by atoms with van der Waals surface area (Å²) in [7, 11) is 0. The second-order valence-corrected chi connectivity index (χ2v) is 8.68. The lowest BCUT2D eigenvalue weighted by Crippen LogP contribution is -2.47. The average Bonchev–Trinajstić information content (AvgIpc) is 2.84. The number of aryl methyl sites for hydroxylation is 1. The van der Waals surface area contributed by atoms with Gasteiger partial charge in [0.25, 0.3) is 22.5 Å². The fourth-order valence-electron chi connectivity index (χ4n) is 3.32. The van der Waals surface area contributed by atoms with Gasteiger partial charge in [0, 0.05) is 24.3 Å². The maximum Gasteiger partial charge on any atom is 0.275 e. The number of non-ortho nitro benzene ring substituents is 2. The summed E-state index contributed by atoms with van der Waals surface area (Å²) in [6, 6.07) is 18.3. The van der Waals surface area contributed by atoms with Gasteiger partial charge in [0.1, 0.15) is 0 Å². The van der Waals surface area contributed by atoms with Crippen LogP contribution in [0.1, 0.15) is 16.7 Å². The molecule has 174 valence electrons. The number of nitro groups is 2. The van der Waals surface area contributed by atoms with E-state index in [2.05, 4.69) is 0 Å². The van der Waals surface area contributed by atoms with Gasteiger partial charge in [0.2, 0.25) is 0 Å². The Bertz CT molecular complexity index is 1570. The molecule has 0 amide bonds. The van der Waals surface area contributed by atoms with Crippen molar-refractivity contribution in [3.63, 3.8) is 0 Å². The number of benzene rings is 3. The van der Waals surface area contributed by atoms with Gasteiger partial charge in [-0.1, -0.05) is 17.7 Å². The molecule has 35 heavy (non-hydrogen) atoms. The molecule has 1 heterocycles. The summed E-state index contributed by atoms with van der Waals surface area (Å²) in [5.74, 6) is 0. The zero-order valence-electron chi connectivity index (χ0n) is 18.3. The monoisotopic (exact) mass is 487 g/mol. The fourth-order valence-corrected chi connectivity index (χ4v) is 4.30. The molecule has 0 saturated carbocycles. The molecular weight excluding hydrogens is 470 g/mol. The van der Waals surface area contributed by atoms with Crippen LogP contribution in [0.2, 0.25) is 0 Å². The van der Waals surface area contributed by atoms with E-state index in [1.807, 2.05) is 6.92 Å². The van der Waals surface area contributed by atoms with Gasteiger partial charge in [-0.2, -0.15) is 0 Å². The van der Waals surface area contributed by atoms with Crippen molar-refractivity contribution in [2.45, 2.75) is 6.92 Å². The Morgan fingerprint density at radius 3 is 1.46 bits per heavy atom. The summed E-state index contributed by atoms with van der Waals surface area (Å²) >= 11 is 0.974. The number of aromatic nitrogens is 1. The average molecular weight is 487 g/mol. The Kier molecular flexibility index (Phi) is 6.47. The normalized spacial score (nSPS) is 12.0. The second-order valence-electron chi connectivity index (χ2n) is 7.60. The molecule has 0 aliphatic carbocycles. The minimum absolute atomic E-state index is 0.0787. The number of rotatable bonds is 5. The predicted octanol–water partition coefficient (Wildman–Crippen LogP) is 3.04. The zero-order valence-corrected chi connectivity index (χ0v) is 19.1. The lowest BCUT2D eigenvalue weighted by Gasteiger charge is -2.05. The summed E-state index contributed by atoms with van der Waals surface area (Å²) in [6.07, 6.45) is 3.13. The van der Waals surface area contributed by atoms with E-state index in [1.165, 1.54) is 48.5 Å². The highest BCUT2D eigenvalue weighted by Crippen LogP contribution is 2.13. The number of hydrogen-bond acceptors (Lipinski definition) is 7. The number of nitro benzene ring substituents is 2. The Morgan fingerprint density at radius 2 is 1.09 bits per heavy atom. The topological polar surface area (TPSA) is 125 Å². The fraction of sp³-hybridized carbons (Fsp3) is 0.0400. The summed E-state index contributed by atoms with van der Waals surface area (Å²) in [5.41, 5.74) is 1.26. The van der Waals surface area contributed by atoms with Crippen molar-refractivity contribution in [2.24, 2.45) is 0 Å². The third-order valence-corrected chi connectivity index (χ3v) is 6.17. The number of hydrogen-bond donors (Lipinski definition) is 0. The van der Waals surface area contributed by atoms with Crippen molar-refractivity contribution in [3.8, 4) is 5.69 Å². The number of nitrogens with zero attached hydrogens (tertiary/aromatic N) is 3. The maximum absolute atomic E-state index is 13.3. The molecule has 4 rings (SSSR count). The first-order chi connectivity index (χ1) is 16.7. The van der Waals surface area contributed by atoms with E-state index < -0.39 is 21.0 Å². The van der Waals surface area contributed by atoms with E-state index >= 15 is 0 Å². The molecule has 0 bridgehead atoms. The molecule has 1 aromatic heterocycles. The van der Waals surface area contributed by atoms with Gasteiger partial charge in [0.15, 0.2) is 0 Å². The Balaban J connectivity index is 1.97. The summed E-state index contributed by atoms with van der Waals surface area (Å²) < 4.78 is 1.56. The Hall–Kier alpha value is -4.70. The third kappa shape index (κ3) is 5.12. The molecule has 0 saturated heterocycles. The molecule has 0 aliphatic rings. The minimum Gasteiger partial charge on any atom is -0.267 e. The molecule has 10 heteroatoms. The van der Waals surface area contributed by atoms with Gasteiger partial charge in [-0.3, -0.25) is 29.8 Å². The molecule has 0 spiro atoms. The van der Waals surface area contributed by atoms with Gasteiger partial charge >= 0.3 is 0 Å². The van der Waals surface area contributed by atoms with Crippen molar-refractivity contribution in [3.05, 3.63) is 139 Å². The van der Waals surface area contributed by atoms with Crippen LogP contribution in [0.25, 0.3) is 17.8 Å². The van der Waals surface area contributed by atoms with Crippen LogP contribution in [0.15, 0.2) is 82.4 Å². The Labute approximate surface area is 201 Å². The third-order valence-electron chi connectivity index (χ3n) is 5.14. The van der Waals surface area contributed by atoms with Crippen molar-refractivity contribution in [1.29, 1.82) is 0 Å². The minimum atomic E-state index is -0.525. The van der Waals surface area contributed by atoms with E-state index in [1.54, 1.807) is 36.4 Å². The summed E-state index contributed by atoms with van der Waals surface area (Å²) in [5, 5.41) is 21.9. The highest BCUT2D eigenvalue weighted by molar-refractivity contribution is 7.07. The summed E-state index contributed by atoms with van der Waals surface area (Å²) in [6.45, 7) is 1.89. The molecule has 0 N–H and O–H groups in total. The van der Waals surface area contributed by atoms with E-state index in [0.29, 0.717) is 16.8 Å². The molecule has 0 unspecified atom stereocenters. The van der Waals surface area contributed by atoms with Gasteiger partial charge < -0.3 is 0 Å². The molecule has 0 atom stereocenters.